The first-order valence-electron chi connectivity index (χ1n) is 10.1. The summed E-state index contributed by atoms with van der Waals surface area (Å²) in [7, 11) is 0.220. The van der Waals surface area contributed by atoms with Gasteiger partial charge in [-0.3, -0.25) is 13.7 Å². The fourth-order valence-electron chi connectivity index (χ4n) is 3.61. The van der Waals surface area contributed by atoms with Crippen molar-refractivity contribution in [2.45, 2.75) is 37.1 Å². The smallest absolute Gasteiger partial charge is 0.352 e. The number of carbonyl (C=O) groups excluding carboxylic acids is 1. The van der Waals surface area contributed by atoms with Crippen LogP contribution in [0.4, 0.5) is 13.2 Å². The first kappa shape index (κ1) is 24.1. The van der Waals surface area contributed by atoms with Gasteiger partial charge in [0.15, 0.2) is 0 Å². The molecule has 3 rings (SSSR count). The lowest BCUT2D eigenvalue weighted by atomic mass is 9.96. The number of hydrogen-bond donors (Lipinski definition) is 3. The lowest BCUT2D eigenvalue weighted by molar-refractivity contribution is -0.137. The highest BCUT2D eigenvalue weighted by atomic mass is 79.9. The van der Waals surface area contributed by atoms with E-state index < -0.39 is 27.4 Å². The highest BCUT2D eigenvalue weighted by Gasteiger charge is 2.33. The van der Waals surface area contributed by atoms with Crippen molar-refractivity contribution in [3.8, 4) is 0 Å². The van der Waals surface area contributed by atoms with E-state index in [1.807, 2.05) is 0 Å². The van der Waals surface area contributed by atoms with Crippen LogP contribution in [0.3, 0.4) is 0 Å². The van der Waals surface area contributed by atoms with E-state index in [2.05, 4.69) is 39.3 Å². The topological polar surface area (TPSA) is 61.4 Å². The molecule has 1 amide bonds. The number of thiol groups is 1. The van der Waals surface area contributed by atoms with Gasteiger partial charge in [-0.2, -0.15) is 13.2 Å². The summed E-state index contributed by atoms with van der Waals surface area (Å²) in [5.41, 5.74) is -0.849. The van der Waals surface area contributed by atoms with Crippen molar-refractivity contribution in [2.75, 3.05) is 32.7 Å². The van der Waals surface area contributed by atoms with Crippen LogP contribution in [0.5, 0.6) is 0 Å². The maximum Gasteiger partial charge on any atom is 0.416 e. The average molecular weight is 530 g/mol. The average Bonchev–Trinajstić information content (AvgIpc) is 3.52. The third-order valence-corrected chi connectivity index (χ3v) is 10.2. The molecule has 0 bridgehead atoms. The van der Waals surface area contributed by atoms with Crippen molar-refractivity contribution in [2.24, 2.45) is 5.92 Å². The van der Waals surface area contributed by atoms with Crippen LogP contribution in [-0.2, 0) is 15.9 Å². The summed E-state index contributed by atoms with van der Waals surface area (Å²) in [6.07, 6.45) is -0.588. The molecule has 2 N–H and O–H groups in total. The molecule has 1 aromatic carbocycles. The second kappa shape index (κ2) is 9.94. The third kappa shape index (κ3) is 6.99. The molecule has 170 valence electrons. The molecule has 1 aromatic rings. The molecule has 1 heterocycles. The van der Waals surface area contributed by atoms with E-state index in [0.717, 1.165) is 57.5 Å². The van der Waals surface area contributed by atoms with Gasteiger partial charge in [-0.05, 0) is 72.6 Å². The molecule has 1 aliphatic heterocycles. The van der Waals surface area contributed by atoms with Crippen molar-refractivity contribution in [3.05, 3.63) is 33.8 Å². The van der Waals surface area contributed by atoms with Gasteiger partial charge in [0.1, 0.15) is 0 Å². The largest absolute Gasteiger partial charge is 0.416 e. The number of hydrogen-bond acceptors (Lipinski definition) is 3. The van der Waals surface area contributed by atoms with Gasteiger partial charge in [0.2, 0.25) is 0 Å². The number of benzene rings is 1. The van der Waals surface area contributed by atoms with Gasteiger partial charge >= 0.3 is 6.18 Å². The Balaban J connectivity index is 1.40. The number of nitrogens with zero attached hydrogens (tertiary/aromatic N) is 1. The van der Waals surface area contributed by atoms with Gasteiger partial charge in [-0.25, -0.2) is 0 Å². The maximum absolute atomic E-state index is 12.9. The number of nitrogens with one attached hydrogen (secondary N) is 2. The molecule has 1 aliphatic carbocycles. The van der Waals surface area contributed by atoms with Crippen LogP contribution in [-0.4, -0.2) is 53.0 Å². The molecular weight excluding hydrogens is 502 g/mol. The summed E-state index contributed by atoms with van der Waals surface area (Å²) < 4.78 is 54.6. The highest BCUT2D eigenvalue weighted by Crippen LogP contribution is 2.36. The van der Waals surface area contributed by atoms with Gasteiger partial charge in [-0.1, -0.05) is 24.4 Å². The molecule has 11 heteroatoms. The van der Waals surface area contributed by atoms with E-state index in [-0.39, 0.29) is 10.0 Å². The number of likely N-dealkylation sites (tertiary alicyclic amines) is 1. The standard InChI is InChI=1S/C19H28BrF3N3O2PS/c20-16-10-14(9-15(11-16)19(21,22)23)18(27)24-12-13-3-6-26(7-4-13)8-5-25-30(28,29)17-1-2-17/h9-11,13,17,30H,1-8,12,29H2,(H,24,27)(H,25,28). The van der Waals surface area contributed by atoms with E-state index in [9.17, 15) is 22.2 Å². The summed E-state index contributed by atoms with van der Waals surface area (Å²) in [6, 6.07) is 3.23. The van der Waals surface area contributed by atoms with Gasteiger partial charge in [-0.15, -0.1) is 0 Å². The molecule has 1 saturated carbocycles. The van der Waals surface area contributed by atoms with Gasteiger partial charge in [0.25, 0.3) is 5.91 Å². The Morgan fingerprint density at radius 3 is 2.47 bits per heavy atom. The number of amides is 1. The van der Waals surface area contributed by atoms with E-state index in [0.29, 0.717) is 24.3 Å². The molecule has 5 nitrogen and oxygen atoms in total. The lowest BCUT2D eigenvalue weighted by Gasteiger charge is -2.32. The number of rotatable bonds is 8. The molecule has 2 aliphatic rings. The second-order valence-electron chi connectivity index (χ2n) is 8.07. The third-order valence-electron chi connectivity index (χ3n) is 5.62. The zero-order valence-corrected chi connectivity index (χ0v) is 20.2. The van der Waals surface area contributed by atoms with E-state index >= 15 is 0 Å². The van der Waals surface area contributed by atoms with E-state index in [1.165, 1.54) is 6.07 Å². The summed E-state index contributed by atoms with van der Waals surface area (Å²) >= 11 is 3.04. The minimum Gasteiger partial charge on any atom is -0.352 e. The molecule has 2 fully saturated rings. The molecule has 0 spiro atoms. The Hall–Kier alpha value is -0.540. The first-order valence-corrected chi connectivity index (χ1v) is 14.2. The van der Waals surface area contributed by atoms with Crippen LogP contribution in [0, 0.1) is 5.92 Å². The molecule has 30 heavy (non-hydrogen) atoms. The van der Waals surface area contributed by atoms with Crippen LogP contribution in [0.2, 0.25) is 0 Å². The molecule has 0 aromatic heterocycles. The molecule has 1 atom stereocenters. The SMILES string of the molecule is O=C(NCC1CCN(CCN[SH](=O)(P)C2CC2)CC1)c1cc(Br)cc(C(F)(F)F)c1. The van der Waals surface area contributed by atoms with Crippen molar-refractivity contribution in [3.63, 3.8) is 0 Å². The molecular formula is C19H28BrF3N3O2PS. The molecule has 1 unspecified atom stereocenters. The first-order chi connectivity index (χ1) is 14.0. The van der Waals surface area contributed by atoms with Crippen molar-refractivity contribution >= 4 is 40.0 Å². The van der Waals surface area contributed by atoms with Crippen LogP contribution in [0.15, 0.2) is 22.7 Å². The van der Waals surface area contributed by atoms with Crippen LogP contribution >= 0.6 is 24.4 Å². The van der Waals surface area contributed by atoms with Crippen molar-refractivity contribution < 1.29 is 22.2 Å². The molecule has 1 saturated heterocycles. The van der Waals surface area contributed by atoms with Crippen LogP contribution < -0.4 is 10.0 Å². The number of halogens is 4. The summed E-state index contributed by atoms with van der Waals surface area (Å²) in [4.78, 5) is 14.6. The van der Waals surface area contributed by atoms with E-state index in [1.54, 1.807) is 0 Å². The minimum atomic E-state index is -4.50. The van der Waals surface area contributed by atoms with Crippen LogP contribution in [0.25, 0.3) is 0 Å². The maximum atomic E-state index is 12.9. The lowest BCUT2D eigenvalue weighted by Crippen LogP contribution is -2.42. The Kier molecular flexibility index (Phi) is 7.99. The highest BCUT2D eigenvalue weighted by molar-refractivity contribution is 9.10. The predicted molar refractivity (Wildman–Crippen MR) is 121 cm³/mol. The predicted octanol–water partition coefficient (Wildman–Crippen LogP) is 3.38. The monoisotopic (exact) mass is 529 g/mol. The normalized spacial score (nSPS) is 19.6. The Morgan fingerprint density at radius 1 is 1.20 bits per heavy atom. The Morgan fingerprint density at radius 2 is 1.87 bits per heavy atom. The quantitative estimate of drug-likeness (QED) is 0.357. The van der Waals surface area contributed by atoms with Gasteiger partial charge in [0.05, 0.1) is 5.56 Å². The van der Waals surface area contributed by atoms with Gasteiger partial charge < -0.3 is 10.2 Å². The number of carbonyl (C=O) groups is 1. The van der Waals surface area contributed by atoms with E-state index in [4.69, 9.17) is 0 Å². The summed E-state index contributed by atoms with van der Waals surface area (Å²) in [6.45, 7) is 3.76. The Labute approximate surface area is 186 Å². The second-order valence-corrected chi connectivity index (χ2v) is 13.8. The van der Waals surface area contributed by atoms with Crippen LogP contribution in [0.1, 0.15) is 41.6 Å². The number of alkyl halides is 3. The minimum absolute atomic E-state index is 0.00209. The number of piperidine rings is 1. The fourth-order valence-corrected chi connectivity index (χ4v) is 7.01. The zero-order valence-electron chi connectivity index (χ0n) is 16.6. The summed E-state index contributed by atoms with van der Waals surface area (Å²) in [5, 5.41) is 3.10. The zero-order chi connectivity index (χ0) is 21.9. The fraction of sp³-hybridized carbons (Fsp3) is 0.632. The van der Waals surface area contributed by atoms with Crippen molar-refractivity contribution in [1.29, 1.82) is 0 Å². The van der Waals surface area contributed by atoms with Crippen molar-refractivity contribution in [1.82, 2.24) is 14.9 Å². The Bertz CT molecular complexity index is 815. The molecule has 0 radical (unpaired) electrons. The summed E-state index contributed by atoms with van der Waals surface area (Å²) in [5.74, 6) is -0.198. The van der Waals surface area contributed by atoms with Gasteiger partial charge in [0, 0.05) is 34.9 Å².